The van der Waals surface area contributed by atoms with Crippen molar-refractivity contribution in [3.8, 4) is 0 Å². The van der Waals surface area contributed by atoms with Gasteiger partial charge in [0, 0.05) is 17.9 Å². The molecule has 1 amide bonds. The number of amides is 1. The van der Waals surface area contributed by atoms with Crippen LogP contribution in [-0.4, -0.2) is 30.6 Å². The van der Waals surface area contributed by atoms with Gasteiger partial charge in [-0.25, -0.2) is 0 Å². The molecule has 13 heteroatoms. The highest BCUT2D eigenvalue weighted by atomic mass is 35.5. The zero-order chi connectivity index (χ0) is 27.4. The maximum absolute atomic E-state index is 13.7. The van der Waals surface area contributed by atoms with Crippen LogP contribution in [0.15, 0.2) is 36.4 Å². The van der Waals surface area contributed by atoms with E-state index in [9.17, 15) is 35.9 Å². The highest BCUT2D eigenvalue weighted by Gasteiger charge is 2.39. The van der Waals surface area contributed by atoms with Crippen molar-refractivity contribution in [2.24, 2.45) is 5.92 Å². The Morgan fingerprint density at radius 1 is 0.944 bits per heavy atom. The number of rotatable bonds is 8. The van der Waals surface area contributed by atoms with E-state index in [0.717, 1.165) is 24.3 Å². The third-order valence-corrected chi connectivity index (χ3v) is 6.40. The van der Waals surface area contributed by atoms with E-state index >= 15 is 0 Å². The smallest absolute Gasteiger partial charge is 0.347 e. The first-order valence-electron chi connectivity index (χ1n) is 10.1. The molecule has 0 radical (unpaired) electrons. The van der Waals surface area contributed by atoms with Crippen LogP contribution in [0.5, 0.6) is 0 Å². The van der Waals surface area contributed by atoms with Crippen LogP contribution in [0.4, 0.5) is 26.3 Å². The van der Waals surface area contributed by atoms with Gasteiger partial charge >= 0.3 is 12.4 Å². The van der Waals surface area contributed by atoms with Crippen LogP contribution in [-0.2, 0) is 4.79 Å². The second kappa shape index (κ2) is 12.1. The van der Waals surface area contributed by atoms with Crippen LogP contribution < -0.4 is 5.32 Å². The number of benzene rings is 2. The number of alkyl halides is 6. The Morgan fingerprint density at radius 2 is 1.53 bits per heavy atom. The van der Waals surface area contributed by atoms with Gasteiger partial charge in [-0.3, -0.25) is 9.59 Å². The molecule has 0 saturated heterocycles. The van der Waals surface area contributed by atoms with Crippen molar-refractivity contribution in [2.45, 2.75) is 31.6 Å². The molecule has 36 heavy (non-hydrogen) atoms. The molecule has 2 aromatic rings. The van der Waals surface area contributed by atoms with Crippen LogP contribution in [0.2, 0.25) is 20.1 Å². The first-order valence-corrected chi connectivity index (χ1v) is 11.6. The Kier molecular flexibility index (Phi) is 10.2. The first kappa shape index (κ1) is 30.3. The number of carbonyl (C=O) groups is 2. The van der Waals surface area contributed by atoms with Crippen molar-refractivity contribution >= 4 is 64.2 Å². The van der Waals surface area contributed by atoms with E-state index in [0.29, 0.717) is 0 Å². The molecule has 0 aromatic heterocycles. The SMILES string of the molecule is C[C@@H](CC(=O)c1ccc(/C=C/C(c2cc(Cl)c(Cl)c(Cl)c2)C(F)(F)F)cc1Cl)C(=O)NCC(F)(F)F. The van der Waals surface area contributed by atoms with Crippen LogP contribution >= 0.6 is 46.4 Å². The monoisotopic (exact) mass is 593 g/mol. The average molecular weight is 595 g/mol. The number of hydrogen-bond acceptors (Lipinski definition) is 2. The van der Waals surface area contributed by atoms with Gasteiger partial charge in [0.15, 0.2) is 5.78 Å². The van der Waals surface area contributed by atoms with Gasteiger partial charge < -0.3 is 5.32 Å². The summed E-state index contributed by atoms with van der Waals surface area (Å²) in [7, 11) is 0. The fourth-order valence-corrected chi connectivity index (χ4v) is 3.98. The fraction of sp³-hybridized carbons (Fsp3) is 0.304. The van der Waals surface area contributed by atoms with Crippen LogP contribution in [0.3, 0.4) is 0 Å². The number of nitrogens with one attached hydrogen (secondary N) is 1. The molecule has 0 bridgehead atoms. The Hall–Kier alpha value is -1.94. The molecule has 1 unspecified atom stereocenters. The molecule has 2 rings (SSSR count). The number of ketones is 1. The second-order valence-electron chi connectivity index (χ2n) is 7.78. The van der Waals surface area contributed by atoms with Gasteiger partial charge in [0.05, 0.1) is 26.0 Å². The minimum atomic E-state index is -4.69. The highest BCUT2D eigenvalue weighted by Crippen LogP contribution is 2.41. The van der Waals surface area contributed by atoms with Gasteiger partial charge in [-0.2, -0.15) is 26.3 Å². The van der Waals surface area contributed by atoms with Gasteiger partial charge in [-0.05, 0) is 35.4 Å². The number of allylic oxidation sites excluding steroid dienone is 1. The lowest BCUT2D eigenvalue weighted by Crippen LogP contribution is -2.37. The topological polar surface area (TPSA) is 46.2 Å². The molecule has 0 spiro atoms. The van der Waals surface area contributed by atoms with E-state index in [-0.39, 0.29) is 36.8 Å². The van der Waals surface area contributed by atoms with E-state index < -0.39 is 48.8 Å². The Labute approximate surface area is 222 Å². The summed E-state index contributed by atoms with van der Waals surface area (Å²) < 4.78 is 77.8. The van der Waals surface area contributed by atoms with Crippen LogP contribution in [0.1, 0.15) is 40.7 Å². The van der Waals surface area contributed by atoms with Gasteiger partial charge in [-0.15, -0.1) is 0 Å². The number of Topliss-reactive ketones (excluding diaryl/α,β-unsaturated/α-hetero) is 1. The molecule has 1 N–H and O–H groups in total. The predicted molar refractivity (Wildman–Crippen MR) is 128 cm³/mol. The normalized spacial score (nSPS) is 14.1. The average Bonchev–Trinajstić information content (AvgIpc) is 2.74. The summed E-state index contributed by atoms with van der Waals surface area (Å²) in [5.41, 5.74) is -0.0466. The molecule has 0 aliphatic carbocycles. The standard InChI is InChI=1S/C23H17Cl4F6NO2/c1-11(21(36)34-10-22(28,29)30)6-19(35)14-4-2-12(7-16(14)24)3-5-15(23(31,32)33)13-8-17(25)20(27)18(26)9-13/h2-5,7-9,11,15H,6,10H2,1H3,(H,34,36)/b5-3+/t11-,15?/m0/s1. The molecule has 0 aliphatic heterocycles. The summed E-state index contributed by atoms with van der Waals surface area (Å²) in [5.74, 6) is -4.73. The molecule has 3 nitrogen and oxygen atoms in total. The quantitative estimate of drug-likeness (QED) is 0.189. The Morgan fingerprint density at radius 3 is 2.03 bits per heavy atom. The highest BCUT2D eigenvalue weighted by molar-refractivity contribution is 6.48. The fourth-order valence-electron chi connectivity index (χ4n) is 3.07. The van der Waals surface area contributed by atoms with E-state index in [1.807, 2.05) is 0 Å². The van der Waals surface area contributed by atoms with E-state index in [2.05, 4.69) is 0 Å². The van der Waals surface area contributed by atoms with Gasteiger partial charge in [0.25, 0.3) is 0 Å². The molecule has 2 aromatic carbocycles. The lowest BCUT2D eigenvalue weighted by atomic mass is 9.96. The van der Waals surface area contributed by atoms with Crippen LogP contribution in [0.25, 0.3) is 6.08 Å². The summed E-state index contributed by atoms with van der Waals surface area (Å²) >= 11 is 23.6. The van der Waals surface area contributed by atoms with E-state index in [1.54, 1.807) is 5.32 Å². The minimum absolute atomic E-state index is 0.0343. The summed E-state index contributed by atoms with van der Waals surface area (Å²) in [5, 5.41) is 1.22. The van der Waals surface area contributed by atoms with E-state index in [1.165, 1.54) is 25.1 Å². The summed E-state index contributed by atoms with van der Waals surface area (Å²) in [6.07, 6.45) is -7.71. The van der Waals surface area contributed by atoms with Gasteiger partial charge in [-0.1, -0.05) is 71.5 Å². The van der Waals surface area contributed by atoms with Gasteiger partial charge in [0.1, 0.15) is 6.54 Å². The number of carbonyl (C=O) groups excluding carboxylic acids is 2. The van der Waals surface area contributed by atoms with Crippen molar-refractivity contribution in [3.63, 3.8) is 0 Å². The predicted octanol–water partition coefficient (Wildman–Crippen LogP) is 8.55. The Bertz CT molecular complexity index is 1140. The Balaban J connectivity index is 2.19. The lowest BCUT2D eigenvalue weighted by Gasteiger charge is -2.18. The zero-order valence-electron chi connectivity index (χ0n) is 18.2. The van der Waals surface area contributed by atoms with Crippen molar-refractivity contribution in [1.29, 1.82) is 0 Å². The van der Waals surface area contributed by atoms with Crippen molar-refractivity contribution in [3.05, 3.63) is 73.2 Å². The lowest BCUT2D eigenvalue weighted by molar-refractivity contribution is -0.140. The molecule has 196 valence electrons. The summed E-state index contributed by atoms with van der Waals surface area (Å²) in [4.78, 5) is 24.3. The number of hydrogen-bond donors (Lipinski definition) is 1. The molecular weight excluding hydrogens is 578 g/mol. The summed E-state index contributed by atoms with van der Waals surface area (Å²) in [6, 6.07) is 5.94. The zero-order valence-corrected chi connectivity index (χ0v) is 21.2. The minimum Gasteiger partial charge on any atom is -0.347 e. The molecular formula is C23H17Cl4F6NO2. The third kappa shape index (κ3) is 8.57. The van der Waals surface area contributed by atoms with Crippen molar-refractivity contribution < 1.29 is 35.9 Å². The molecule has 0 heterocycles. The van der Waals surface area contributed by atoms with Crippen molar-refractivity contribution in [1.82, 2.24) is 5.32 Å². The van der Waals surface area contributed by atoms with Crippen LogP contribution in [0, 0.1) is 5.92 Å². The second-order valence-corrected chi connectivity index (χ2v) is 9.38. The molecule has 0 saturated carbocycles. The number of halogens is 10. The first-order chi connectivity index (χ1) is 16.5. The van der Waals surface area contributed by atoms with E-state index in [4.69, 9.17) is 46.4 Å². The maximum Gasteiger partial charge on any atom is 0.405 e. The van der Waals surface area contributed by atoms with Crippen molar-refractivity contribution in [2.75, 3.05) is 6.54 Å². The molecule has 0 fully saturated rings. The molecule has 2 atom stereocenters. The summed E-state index contributed by atoms with van der Waals surface area (Å²) in [6.45, 7) is -0.249. The maximum atomic E-state index is 13.7. The largest absolute Gasteiger partial charge is 0.405 e. The molecule has 0 aliphatic rings. The third-order valence-electron chi connectivity index (χ3n) is 4.89. The van der Waals surface area contributed by atoms with Gasteiger partial charge in [0.2, 0.25) is 5.91 Å².